The summed E-state index contributed by atoms with van der Waals surface area (Å²) in [5, 5.41) is 13.1. The van der Waals surface area contributed by atoms with E-state index in [2.05, 4.69) is 5.32 Å². The number of hydrogen-bond donors (Lipinski definition) is 2. The van der Waals surface area contributed by atoms with E-state index >= 15 is 0 Å². The fourth-order valence-electron chi connectivity index (χ4n) is 4.15. The SMILES string of the molecule is CC(C)(C)OC(=O)[C@@H]1CC[C@H]2C[C@@H](CO)[C@@H](NCc3ccccc3)C(=O)N21. The maximum atomic E-state index is 13.2. The first-order valence-electron chi connectivity index (χ1n) is 9.73. The van der Waals surface area contributed by atoms with Crippen LogP contribution in [-0.4, -0.2) is 52.2 Å². The lowest BCUT2D eigenvalue weighted by molar-refractivity contribution is -0.166. The first-order chi connectivity index (χ1) is 12.8. The van der Waals surface area contributed by atoms with Gasteiger partial charge in [-0.1, -0.05) is 30.3 Å². The Morgan fingerprint density at radius 2 is 1.96 bits per heavy atom. The lowest BCUT2D eigenvalue weighted by atomic mass is 9.86. The fraction of sp³-hybridized carbons (Fsp3) is 0.619. The molecule has 6 heteroatoms. The molecule has 0 bridgehead atoms. The predicted molar refractivity (Wildman–Crippen MR) is 102 cm³/mol. The van der Waals surface area contributed by atoms with E-state index in [0.717, 1.165) is 12.0 Å². The molecule has 2 aliphatic heterocycles. The van der Waals surface area contributed by atoms with E-state index < -0.39 is 17.7 Å². The number of nitrogens with zero attached hydrogens (tertiary/aromatic N) is 1. The first kappa shape index (κ1) is 19.8. The summed E-state index contributed by atoms with van der Waals surface area (Å²) in [4.78, 5) is 27.5. The third-order valence-corrected chi connectivity index (χ3v) is 5.35. The second-order valence-electron chi connectivity index (χ2n) is 8.55. The maximum Gasteiger partial charge on any atom is 0.329 e. The van der Waals surface area contributed by atoms with Crippen molar-refractivity contribution in [2.45, 2.75) is 70.3 Å². The number of fused-ring (bicyclic) bond motifs is 1. The molecule has 2 heterocycles. The molecule has 0 unspecified atom stereocenters. The van der Waals surface area contributed by atoms with E-state index in [1.165, 1.54) is 0 Å². The molecule has 27 heavy (non-hydrogen) atoms. The molecular weight excluding hydrogens is 344 g/mol. The number of benzene rings is 1. The molecule has 1 amide bonds. The monoisotopic (exact) mass is 374 g/mol. The molecule has 0 saturated carbocycles. The van der Waals surface area contributed by atoms with E-state index in [9.17, 15) is 14.7 Å². The number of hydrogen-bond acceptors (Lipinski definition) is 5. The summed E-state index contributed by atoms with van der Waals surface area (Å²) < 4.78 is 5.53. The van der Waals surface area contributed by atoms with Crippen LogP contribution in [0.4, 0.5) is 0 Å². The minimum absolute atomic E-state index is 0.00180. The summed E-state index contributed by atoms with van der Waals surface area (Å²) in [6.45, 7) is 6.01. The second kappa shape index (κ2) is 7.98. The van der Waals surface area contributed by atoms with Crippen molar-refractivity contribution in [3.8, 4) is 0 Å². The van der Waals surface area contributed by atoms with Crippen molar-refractivity contribution >= 4 is 11.9 Å². The molecule has 1 aromatic rings. The molecule has 3 rings (SSSR count). The number of carbonyl (C=O) groups excluding carboxylic acids is 2. The Hall–Kier alpha value is -1.92. The van der Waals surface area contributed by atoms with Crippen LogP contribution < -0.4 is 5.32 Å². The summed E-state index contributed by atoms with van der Waals surface area (Å²) in [7, 11) is 0. The predicted octanol–water partition coefficient (Wildman–Crippen LogP) is 1.86. The topological polar surface area (TPSA) is 78.9 Å². The zero-order valence-corrected chi connectivity index (χ0v) is 16.4. The van der Waals surface area contributed by atoms with Gasteiger partial charge < -0.3 is 20.1 Å². The molecule has 0 radical (unpaired) electrons. The van der Waals surface area contributed by atoms with Crippen LogP contribution in [0.25, 0.3) is 0 Å². The maximum absolute atomic E-state index is 13.2. The Kier molecular flexibility index (Phi) is 5.86. The van der Waals surface area contributed by atoms with E-state index in [-0.39, 0.29) is 30.4 Å². The van der Waals surface area contributed by atoms with Gasteiger partial charge in [0.15, 0.2) is 0 Å². The molecule has 148 valence electrons. The first-order valence-corrected chi connectivity index (χ1v) is 9.73. The highest BCUT2D eigenvalue weighted by molar-refractivity contribution is 5.89. The van der Waals surface area contributed by atoms with Crippen LogP contribution >= 0.6 is 0 Å². The van der Waals surface area contributed by atoms with E-state index in [0.29, 0.717) is 19.4 Å². The number of aliphatic hydroxyl groups is 1. The summed E-state index contributed by atoms with van der Waals surface area (Å²) >= 11 is 0. The zero-order valence-electron chi connectivity index (χ0n) is 16.4. The molecule has 1 aromatic carbocycles. The van der Waals surface area contributed by atoms with E-state index in [1.54, 1.807) is 4.90 Å². The van der Waals surface area contributed by atoms with E-state index in [4.69, 9.17) is 4.74 Å². The van der Waals surface area contributed by atoms with Gasteiger partial charge in [-0.2, -0.15) is 0 Å². The largest absolute Gasteiger partial charge is 0.458 e. The van der Waals surface area contributed by atoms with Gasteiger partial charge in [-0.25, -0.2) is 4.79 Å². The van der Waals surface area contributed by atoms with Gasteiger partial charge in [0.2, 0.25) is 5.91 Å². The minimum Gasteiger partial charge on any atom is -0.458 e. The van der Waals surface area contributed by atoms with Gasteiger partial charge in [0.05, 0.1) is 6.04 Å². The summed E-state index contributed by atoms with van der Waals surface area (Å²) in [6.07, 6.45) is 2.10. The van der Waals surface area contributed by atoms with Crippen LogP contribution in [0, 0.1) is 5.92 Å². The molecule has 0 aliphatic carbocycles. The molecule has 2 aliphatic rings. The van der Waals surface area contributed by atoms with Crippen LogP contribution in [-0.2, 0) is 20.9 Å². The number of rotatable bonds is 5. The van der Waals surface area contributed by atoms with Gasteiger partial charge >= 0.3 is 5.97 Å². The van der Waals surface area contributed by atoms with Gasteiger partial charge in [0, 0.05) is 25.1 Å². The van der Waals surface area contributed by atoms with Crippen molar-refractivity contribution in [3.63, 3.8) is 0 Å². The van der Waals surface area contributed by atoms with Gasteiger partial charge in [-0.3, -0.25) is 4.79 Å². The van der Waals surface area contributed by atoms with Crippen LogP contribution in [0.1, 0.15) is 45.6 Å². The Labute approximate surface area is 160 Å². The van der Waals surface area contributed by atoms with Crippen molar-refractivity contribution in [2.24, 2.45) is 5.92 Å². The number of aliphatic hydroxyl groups excluding tert-OH is 1. The second-order valence-corrected chi connectivity index (χ2v) is 8.55. The highest BCUT2D eigenvalue weighted by Gasteiger charge is 2.50. The third-order valence-electron chi connectivity index (χ3n) is 5.35. The van der Waals surface area contributed by atoms with Gasteiger partial charge in [0.1, 0.15) is 11.6 Å². The molecule has 2 N–H and O–H groups in total. The number of piperidine rings is 1. The molecule has 0 aromatic heterocycles. The quantitative estimate of drug-likeness (QED) is 0.769. The lowest BCUT2D eigenvalue weighted by Crippen LogP contribution is -2.61. The van der Waals surface area contributed by atoms with Crippen LogP contribution in [0.15, 0.2) is 30.3 Å². The Morgan fingerprint density at radius 3 is 2.59 bits per heavy atom. The molecule has 0 spiro atoms. The average Bonchev–Trinajstić information content (AvgIpc) is 3.04. The normalized spacial score (nSPS) is 28.1. The van der Waals surface area contributed by atoms with Gasteiger partial charge in [-0.05, 0) is 45.6 Å². The highest BCUT2D eigenvalue weighted by Crippen LogP contribution is 2.36. The summed E-state index contributed by atoms with van der Waals surface area (Å²) in [5.41, 5.74) is 0.501. The smallest absolute Gasteiger partial charge is 0.329 e. The summed E-state index contributed by atoms with van der Waals surface area (Å²) in [5.74, 6) is -0.572. The fourth-order valence-corrected chi connectivity index (χ4v) is 4.15. The molecule has 2 saturated heterocycles. The van der Waals surface area contributed by atoms with Gasteiger partial charge in [0.25, 0.3) is 0 Å². The van der Waals surface area contributed by atoms with Crippen LogP contribution in [0.5, 0.6) is 0 Å². The molecule has 6 nitrogen and oxygen atoms in total. The Bertz CT molecular complexity index is 671. The highest BCUT2D eigenvalue weighted by atomic mass is 16.6. The Balaban J connectivity index is 1.73. The van der Waals surface area contributed by atoms with Crippen molar-refractivity contribution in [3.05, 3.63) is 35.9 Å². The number of nitrogens with one attached hydrogen (secondary N) is 1. The molecule has 4 atom stereocenters. The van der Waals surface area contributed by atoms with Gasteiger partial charge in [-0.15, -0.1) is 0 Å². The van der Waals surface area contributed by atoms with E-state index in [1.807, 2.05) is 51.1 Å². The van der Waals surface area contributed by atoms with Crippen LogP contribution in [0.3, 0.4) is 0 Å². The van der Waals surface area contributed by atoms with Crippen molar-refractivity contribution in [1.29, 1.82) is 0 Å². The number of carbonyl (C=O) groups is 2. The average molecular weight is 374 g/mol. The van der Waals surface area contributed by atoms with Crippen molar-refractivity contribution in [1.82, 2.24) is 10.2 Å². The minimum atomic E-state index is -0.577. The number of esters is 1. The van der Waals surface area contributed by atoms with Crippen LogP contribution in [0.2, 0.25) is 0 Å². The number of ether oxygens (including phenoxy) is 1. The Morgan fingerprint density at radius 1 is 1.26 bits per heavy atom. The lowest BCUT2D eigenvalue weighted by Gasteiger charge is -2.42. The number of amides is 1. The summed E-state index contributed by atoms with van der Waals surface area (Å²) in [6, 6.07) is 8.84. The zero-order chi connectivity index (χ0) is 19.6. The molecule has 2 fully saturated rings. The molecular formula is C21H30N2O4. The van der Waals surface area contributed by atoms with Crippen molar-refractivity contribution < 1.29 is 19.4 Å². The standard InChI is InChI=1S/C21H30N2O4/c1-21(2,3)27-20(26)17-10-9-16-11-15(13-24)18(19(25)23(16)17)22-12-14-7-5-4-6-8-14/h4-8,15-18,22,24H,9-13H2,1-3H3/t15-,16-,17-,18+/m0/s1. The third kappa shape index (κ3) is 4.50. The van der Waals surface area contributed by atoms with Crippen molar-refractivity contribution in [2.75, 3.05) is 6.61 Å².